The Hall–Kier alpha value is -3.15. The molecule has 0 bridgehead atoms. The van der Waals surface area contributed by atoms with Gasteiger partial charge in [-0.05, 0) is 63.1 Å². The van der Waals surface area contributed by atoms with Gasteiger partial charge in [-0.1, -0.05) is 18.2 Å². The van der Waals surface area contributed by atoms with Crippen LogP contribution in [0.2, 0.25) is 0 Å². The Morgan fingerprint density at radius 3 is 2.21 bits per heavy atom. The maximum atomic E-state index is 12.7. The lowest BCUT2D eigenvalue weighted by Crippen LogP contribution is -2.46. The van der Waals surface area contributed by atoms with E-state index in [4.69, 9.17) is 4.74 Å². The highest BCUT2D eigenvalue weighted by atomic mass is 16.5. The zero-order valence-electron chi connectivity index (χ0n) is 16.8. The molecule has 0 spiro atoms. The molecule has 1 fully saturated rings. The van der Waals surface area contributed by atoms with E-state index in [1.807, 2.05) is 30.3 Å². The lowest BCUT2D eigenvalue weighted by molar-refractivity contribution is -0.140. The smallest absolute Gasteiger partial charge is 0.263 e. The molecular formula is C23H26N2O4. The van der Waals surface area contributed by atoms with Crippen molar-refractivity contribution in [2.24, 2.45) is 5.92 Å². The number of hydrogen-bond acceptors (Lipinski definition) is 4. The highest BCUT2D eigenvalue weighted by Crippen LogP contribution is 2.21. The molecule has 6 nitrogen and oxygen atoms in total. The maximum absolute atomic E-state index is 12.7. The van der Waals surface area contributed by atoms with E-state index in [0.29, 0.717) is 37.2 Å². The van der Waals surface area contributed by atoms with Crippen molar-refractivity contribution in [1.29, 1.82) is 0 Å². The molecule has 2 aromatic carbocycles. The topological polar surface area (TPSA) is 75.7 Å². The number of nitrogens with one attached hydrogen (secondary N) is 1. The normalized spacial score (nSPS) is 15.4. The number of benzene rings is 2. The van der Waals surface area contributed by atoms with Crippen molar-refractivity contribution in [2.45, 2.75) is 32.8 Å². The van der Waals surface area contributed by atoms with Crippen molar-refractivity contribution in [3.05, 3.63) is 60.2 Å². The van der Waals surface area contributed by atoms with Gasteiger partial charge in [0.15, 0.2) is 11.9 Å². The van der Waals surface area contributed by atoms with Crippen molar-refractivity contribution in [1.82, 2.24) is 4.90 Å². The van der Waals surface area contributed by atoms with Gasteiger partial charge < -0.3 is 15.0 Å². The summed E-state index contributed by atoms with van der Waals surface area (Å²) in [5.74, 6) is 0.336. The lowest BCUT2D eigenvalue weighted by atomic mass is 9.95. The first-order valence-corrected chi connectivity index (χ1v) is 9.86. The number of ether oxygens (including phenoxy) is 1. The molecule has 0 aromatic heterocycles. The van der Waals surface area contributed by atoms with E-state index in [1.54, 1.807) is 36.1 Å². The van der Waals surface area contributed by atoms with E-state index in [0.717, 1.165) is 5.69 Å². The first-order valence-electron chi connectivity index (χ1n) is 9.86. The number of carbonyl (C=O) groups is 3. The van der Waals surface area contributed by atoms with Crippen LogP contribution in [0.5, 0.6) is 5.75 Å². The molecule has 152 valence electrons. The van der Waals surface area contributed by atoms with Gasteiger partial charge in [0, 0.05) is 30.3 Å². The third kappa shape index (κ3) is 5.44. The van der Waals surface area contributed by atoms with Gasteiger partial charge in [-0.3, -0.25) is 14.4 Å². The largest absolute Gasteiger partial charge is 0.481 e. The summed E-state index contributed by atoms with van der Waals surface area (Å²) in [6.07, 6.45) is 0.627. The zero-order chi connectivity index (χ0) is 20.8. The van der Waals surface area contributed by atoms with Crippen molar-refractivity contribution in [3.63, 3.8) is 0 Å². The number of likely N-dealkylation sites (tertiary alicyclic amines) is 1. The summed E-state index contributed by atoms with van der Waals surface area (Å²) in [4.78, 5) is 38.2. The molecule has 6 heteroatoms. The fourth-order valence-corrected chi connectivity index (χ4v) is 3.41. The van der Waals surface area contributed by atoms with Crippen LogP contribution in [0.15, 0.2) is 54.6 Å². The molecule has 0 unspecified atom stereocenters. The lowest BCUT2D eigenvalue weighted by Gasteiger charge is -2.33. The van der Waals surface area contributed by atoms with Gasteiger partial charge >= 0.3 is 0 Å². The minimum Gasteiger partial charge on any atom is -0.481 e. The van der Waals surface area contributed by atoms with E-state index >= 15 is 0 Å². The van der Waals surface area contributed by atoms with Gasteiger partial charge in [-0.2, -0.15) is 0 Å². The highest BCUT2D eigenvalue weighted by molar-refractivity contribution is 5.94. The molecule has 0 radical (unpaired) electrons. The number of rotatable bonds is 6. The van der Waals surface area contributed by atoms with Gasteiger partial charge in [-0.15, -0.1) is 0 Å². The van der Waals surface area contributed by atoms with E-state index in [2.05, 4.69) is 5.32 Å². The van der Waals surface area contributed by atoms with Crippen LogP contribution >= 0.6 is 0 Å². The molecule has 0 aliphatic carbocycles. The predicted octanol–water partition coefficient (Wildman–Crippen LogP) is 3.53. The number of carbonyl (C=O) groups excluding carboxylic acids is 3. The van der Waals surface area contributed by atoms with Crippen molar-refractivity contribution in [3.8, 4) is 5.75 Å². The Bertz CT molecular complexity index is 856. The summed E-state index contributed by atoms with van der Waals surface area (Å²) in [5, 5.41) is 2.93. The standard InChI is InChI=1S/C23H26N2O4/c1-16(26)18-8-10-21(11-9-18)29-17(2)23(28)25-14-12-19(13-15-25)22(27)24-20-6-4-3-5-7-20/h3-11,17,19H,12-15H2,1-2H3,(H,24,27)/t17-/m1/s1. The molecule has 1 N–H and O–H groups in total. The summed E-state index contributed by atoms with van der Waals surface area (Å²) in [6, 6.07) is 16.1. The molecule has 3 rings (SSSR count). The van der Waals surface area contributed by atoms with Crippen LogP contribution in [0, 0.1) is 5.92 Å². The Labute approximate surface area is 170 Å². The van der Waals surface area contributed by atoms with Crippen molar-refractivity contribution in [2.75, 3.05) is 18.4 Å². The van der Waals surface area contributed by atoms with Crippen LogP contribution < -0.4 is 10.1 Å². The monoisotopic (exact) mass is 394 g/mol. The summed E-state index contributed by atoms with van der Waals surface area (Å²) in [7, 11) is 0. The number of nitrogens with zero attached hydrogens (tertiary/aromatic N) is 1. The third-order valence-corrected chi connectivity index (χ3v) is 5.14. The molecule has 1 aliphatic rings. The number of anilines is 1. The predicted molar refractivity (Wildman–Crippen MR) is 111 cm³/mol. The Morgan fingerprint density at radius 1 is 1.00 bits per heavy atom. The minimum atomic E-state index is -0.632. The van der Waals surface area contributed by atoms with Crippen molar-refractivity contribution < 1.29 is 19.1 Å². The van der Waals surface area contributed by atoms with Crippen LogP contribution in [-0.4, -0.2) is 41.7 Å². The second-order valence-corrected chi connectivity index (χ2v) is 7.30. The molecule has 2 amide bonds. The molecule has 1 saturated heterocycles. The Morgan fingerprint density at radius 2 is 1.62 bits per heavy atom. The average Bonchev–Trinajstić information content (AvgIpc) is 2.74. The number of hydrogen-bond donors (Lipinski definition) is 1. The van der Waals surface area contributed by atoms with Crippen molar-refractivity contribution >= 4 is 23.3 Å². The molecule has 1 atom stereocenters. The molecule has 0 saturated carbocycles. The Balaban J connectivity index is 1.48. The number of piperidine rings is 1. The first-order chi connectivity index (χ1) is 13.9. The molecular weight excluding hydrogens is 368 g/mol. The number of ketones is 1. The highest BCUT2D eigenvalue weighted by Gasteiger charge is 2.30. The van der Waals surface area contributed by atoms with Crippen LogP contribution in [0.25, 0.3) is 0 Å². The number of para-hydroxylation sites is 1. The van der Waals surface area contributed by atoms with Crippen LogP contribution in [-0.2, 0) is 9.59 Å². The second-order valence-electron chi connectivity index (χ2n) is 7.30. The van der Waals surface area contributed by atoms with Crippen LogP contribution in [0.3, 0.4) is 0 Å². The van der Waals surface area contributed by atoms with Gasteiger partial charge in [-0.25, -0.2) is 0 Å². The zero-order valence-corrected chi connectivity index (χ0v) is 16.8. The van der Waals surface area contributed by atoms with E-state index in [-0.39, 0.29) is 23.5 Å². The maximum Gasteiger partial charge on any atom is 0.263 e. The van der Waals surface area contributed by atoms with E-state index in [1.165, 1.54) is 6.92 Å². The van der Waals surface area contributed by atoms with Gasteiger partial charge in [0.2, 0.25) is 5.91 Å². The third-order valence-electron chi connectivity index (χ3n) is 5.14. The SMILES string of the molecule is CC(=O)c1ccc(O[C@H](C)C(=O)N2CCC(C(=O)Nc3ccccc3)CC2)cc1. The van der Waals surface area contributed by atoms with E-state index < -0.39 is 6.10 Å². The average molecular weight is 394 g/mol. The molecule has 29 heavy (non-hydrogen) atoms. The van der Waals surface area contributed by atoms with Crippen LogP contribution in [0.1, 0.15) is 37.0 Å². The number of amides is 2. The molecule has 1 aliphatic heterocycles. The summed E-state index contributed by atoms with van der Waals surface area (Å²) < 4.78 is 5.74. The van der Waals surface area contributed by atoms with Gasteiger partial charge in [0.1, 0.15) is 5.75 Å². The van der Waals surface area contributed by atoms with Crippen LogP contribution in [0.4, 0.5) is 5.69 Å². The van der Waals surface area contributed by atoms with Gasteiger partial charge in [0.05, 0.1) is 0 Å². The quantitative estimate of drug-likeness (QED) is 0.761. The minimum absolute atomic E-state index is 0.00171. The fraction of sp³-hybridized carbons (Fsp3) is 0.348. The second kappa shape index (κ2) is 9.37. The number of Topliss-reactive ketones (excluding diaryl/α,β-unsaturated/α-hetero) is 1. The summed E-state index contributed by atoms with van der Waals surface area (Å²) in [5.41, 5.74) is 1.39. The first kappa shape index (κ1) is 20.6. The van der Waals surface area contributed by atoms with E-state index in [9.17, 15) is 14.4 Å². The fourth-order valence-electron chi connectivity index (χ4n) is 3.41. The van der Waals surface area contributed by atoms with Gasteiger partial charge in [0.25, 0.3) is 5.91 Å². The molecule has 1 heterocycles. The molecule has 2 aromatic rings. The Kier molecular flexibility index (Phi) is 6.65. The summed E-state index contributed by atoms with van der Waals surface area (Å²) >= 11 is 0. The summed E-state index contributed by atoms with van der Waals surface area (Å²) in [6.45, 7) is 4.28.